The molecule has 4 rings (SSSR count). The molecule has 0 unspecified atom stereocenters. The Hall–Kier alpha value is -2.80. The van der Waals surface area contributed by atoms with Crippen LogP contribution in [0.4, 0.5) is 10.5 Å². The second-order valence-electron chi connectivity index (χ2n) is 8.03. The summed E-state index contributed by atoms with van der Waals surface area (Å²) in [5.74, 6) is -0.664. The van der Waals surface area contributed by atoms with E-state index >= 15 is 0 Å². The zero-order valence-corrected chi connectivity index (χ0v) is 18.0. The number of carbonyl (C=O) groups is 3. The minimum atomic E-state index is -0.787. The monoisotopic (exact) mass is 423 g/mol. The first-order chi connectivity index (χ1) is 14.4. The molecule has 1 aliphatic heterocycles. The van der Waals surface area contributed by atoms with Crippen molar-refractivity contribution in [2.24, 2.45) is 0 Å². The molecule has 30 heavy (non-hydrogen) atoms. The number of benzene rings is 2. The Morgan fingerprint density at radius 3 is 2.37 bits per heavy atom. The Kier molecular flexibility index (Phi) is 5.56. The number of nitrogens with zero attached hydrogens (tertiary/aromatic N) is 1. The fraction of sp³-hybridized carbons (Fsp3) is 0.348. The van der Waals surface area contributed by atoms with Gasteiger partial charge in [0.1, 0.15) is 12.1 Å². The van der Waals surface area contributed by atoms with E-state index in [4.69, 9.17) is 0 Å². The summed E-state index contributed by atoms with van der Waals surface area (Å²) >= 11 is 1.66. The van der Waals surface area contributed by atoms with Crippen molar-refractivity contribution >= 4 is 35.3 Å². The first-order valence-corrected chi connectivity index (χ1v) is 11.0. The van der Waals surface area contributed by atoms with E-state index in [2.05, 4.69) is 42.7 Å². The highest BCUT2D eigenvalue weighted by molar-refractivity contribution is 7.99. The fourth-order valence-electron chi connectivity index (χ4n) is 4.00. The van der Waals surface area contributed by atoms with Gasteiger partial charge in [-0.15, -0.1) is 0 Å². The summed E-state index contributed by atoms with van der Waals surface area (Å²) in [5, 5.41) is 5.57. The van der Waals surface area contributed by atoms with Crippen molar-refractivity contribution in [3.05, 3.63) is 53.6 Å². The van der Waals surface area contributed by atoms with E-state index in [1.807, 2.05) is 24.3 Å². The second-order valence-corrected chi connectivity index (χ2v) is 9.18. The lowest BCUT2D eigenvalue weighted by Crippen LogP contribution is -2.44. The molecular formula is C23H25N3O3S. The zero-order chi connectivity index (χ0) is 21.3. The average molecular weight is 424 g/mol. The molecular weight excluding hydrogens is 398 g/mol. The number of hydrogen-bond acceptors (Lipinski definition) is 4. The van der Waals surface area contributed by atoms with Crippen LogP contribution in [-0.2, 0) is 9.59 Å². The van der Waals surface area contributed by atoms with E-state index in [-0.39, 0.29) is 18.4 Å². The quantitative estimate of drug-likeness (QED) is 0.705. The van der Waals surface area contributed by atoms with Crippen molar-refractivity contribution in [2.75, 3.05) is 11.9 Å². The van der Waals surface area contributed by atoms with Gasteiger partial charge in [0.2, 0.25) is 5.91 Å². The fourth-order valence-corrected chi connectivity index (χ4v) is 4.92. The summed E-state index contributed by atoms with van der Waals surface area (Å²) in [7, 11) is 0. The van der Waals surface area contributed by atoms with Crippen LogP contribution < -0.4 is 10.6 Å². The van der Waals surface area contributed by atoms with Crippen LogP contribution in [0, 0.1) is 13.8 Å². The third-order valence-electron chi connectivity index (χ3n) is 5.86. The molecule has 0 radical (unpaired) electrons. The summed E-state index contributed by atoms with van der Waals surface area (Å²) in [5.41, 5.74) is 2.36. The maximum Gasteiger partial charge on any atom is 0.325 e. The highest BCUT2D eigenvalue weighted by Crippen LogP contribution is 2.35. The third kappa shape index (κ3) is 4.07. The third-order valence-corrected chi connectivity index (χ3v) is 6.85. The lowest BCUT2D eigenvalue weighted by atomic mass is 9.98. The number of carbonyl (C=O) groups excluding carboxylic acids is 3. The minimum Gasteiger partial charge on any atom is -0.325 e. The summed E-state index contributed by atoms with van der Waals surface area (Å²) in [4.78, 5) is 40.5. The second kappa shape index (κ2) is 8.14. The molecule has 0 aromatic heterocycles. The van der Waals surface area contributed by atoms with Crippen LogP contribution >= 0.6 is 11.8 Å². The minimum absolute atomic E-state index is 0.272. The van der Waals surface area contributed by atoms with Gasteiger partial charge in [-0.2, -0.15) is 0 Å². The van der Waals surface area contributed by atoms with Crippen LogP contribution in [0.15, 0.2) is 52.3 Å². The van der Waals surface area contributed by atoms with Gasteiger partial charge in [0.15, 0.2) is 0 Å². The van der Waals surface area contributed by atoms with Gasteiger partial charge in [0.25, 0.3) is 5.91 Å². The van der Waals surface area contributed by atoms with Crippen molar-refractivity contribution < 1.29 is 14.4 Å². The van der Waals surface area contributed by atoms with Crippen molar-refractivity contribution in [2.45, 2.75) is 54.9 Å². The number of hydrogen-bond donors (Lipinski definition) is 2. The largest absolute Gasteiger partial charge is 0.325 e. The molecule has 156 valence electrons. The standard InChI is InChI=1S/C23H25N3O3S/c1-15-5-8-19(13-16(15)2)30-18-9-6-17(7-10-18)24-20(27)14-26-21(28)23(25-22(26)29)11-3-4-12-23/h5-10,13H,3-4,11-12,14H2,1-2H3,(H,24,27)(H,25,29). The van der Waals surface area contributed by atoms with E-state index < -0.39 is 11.6 Å². The Labute approximate surface area is 180 Å². The molecule has 2 aromatic rings. The first-order valence-electron chi connectivity index (χ1n) is 10.2. The highest BCUT2D eigenvalue weighted by atomic mass is 32.2. The van der Waals surface area contributed by atoms with Gasteiger partial charge in [-0.25, -0.2) is 4.79 Å². The summed E-state index contributed by atoms with van der Waals surface area (Å²) in [6.07, 6.45) is 3.13. The molecule has 0 atom stereocenters. The molecule has 2 aromatic carbocycles. The number of aryl methyl sites for hydroxylation is 2. The lowest BCUT2D eigenvalue weighted by molar-refractivity contribution is -0.133. The molecule has 1 heterocycles. The van der Waals surface area contributed by atoms with Crippen LogP contribution in [0.3, 0.4) is 0 Å². The van der Waals surface area contributed by atoms with Crippen molar-refractivity contribution in [3.8, 4) is 0 Å². The van der Waals surface area contributed by atoms with E-state index in [0.29, 0.717) is 18.5 Å². The van der Waals surface area contributed by atoms with Crippen LogP contribution in [0.25, 0.3) is 0 Å². The molecule has 6 nitrogen and oxygen atoms in total. The number of rotatable bonds is 5. The van der Waals surface area contributed by atoms with Crippen molar-refractivity contribution in [3.63, 3.8) is 0 Å². The zero-order valence-electron chi connectivity index (χ0n) is 17.2. The molecule has 7 heteroatoms. The number of amides is 4. The highest BCUT2D eigenvalue weighted by Gasteiger charge is 2.52. The van der Waals surface area contributed by atoms with Gasteiger partial charge in [-0.1, -0.05) is 30.7 Å². The Morgan fingerprint density at radius 2 is 1.70 bits per heavy atom. The summed E-state index contributed by atoms with van der Waals surface area (Å²) < 4.78 is 0. The van der Waals surface area contributed by atoms with Crippen molar-refractivity contribution in [1.82, 2.24) is 10.2 Å². The van der Waals surface area contributed by atoms with Gasteiger partial charge in [-0.3, -0.25) is 14.5 Å². The lowest BCUT2D eigenvalue weighted by Gasteiger charge is -2.19. The number of nitrogens with one attached hydrogen (secondary N) is 2. The maximum absolute atomic E-state index is 12.7. The summed E-state index contributed by atoms with van der Waals surface area (Å²) in [6.45, 7) is 3.91. The average Bonchev–Trinajstić information content (AvgIpc) is 3.27. The maximum atomic E-state index is 12.7. The topological polar surface area (TPSA) is 78.5 Å². The molecule has 1 saturated heterocycles. The van der Waals surface area contributed by atoms with Crippen LogP contribution in [0.2, 0.25) is 0 Å². The molecule has 2 N–H and O–H groups in total. The first kappa shape index (κ1) is 20.5. The van der Waals surface area contributed by atoms with E-state index in [9.17, 15) is 14.4 Å². The predicted octanol–water partition coefficient (Wildman–Crippen LogP) is 4.26. The molecule has 0 bridgehead atoms. The normalized spacial score (nSPS) is 17.5. The predicted molar refractivity (Wildman–Crippen MR) is 117 cm³/mol. The molecule has 2 fully saturated rings. The number of imide groups is 1. The van der Waals surface area contributed by atoms with Gasteiger partial charge in [0, 0.05) is 15.5 Å². The smallest absolute Gasteiger partial charge is 0.325 e. The molecule has 4 amide bonds. The molecule has 1 aliphatic carbocycles. The van der Waals surface area contributed by atoms with Crippen molar-refractivity contribution in [1.29, 1.82) is 0 Å². The van der Waals surface area contributed by atoms with Gasteiger partial charge in [0.05, 0.1) is 0 Å². The Morgan fingerprint density at radius 1 is 1.03 bits per heavy atom. The molecule has 1 saturated carbocycles. The van der Waals surface area contributed by atoms with Crippen LogP contribution in [-0.4, -0.2) is 34.8 Å². The SMILES string of the molecule is Cc1ccc(Sc2ccc(NC(=O)CN3C(=O)NC4(CCCC4)C3=O)cc2)cc1C. The van der Waals surface area contributed by atoms with Gasteiger partial charge in [-0.05, 0) is 74.2 Å². The number of urea groups is 1. The Bertz CT molecular complexity index is 997. The van der Waals surface area contributed by atoms with Gasteiger partial charge < -0.3 is 10.6 Å². The molecule has 1 spiro atoms. The number of anilines is 1. The van der Waals surface area contributed by atoms with Crippen LogP contribution in [0.5, 0.6) is 0 Å². The Balaban J connectivity index is 1.35. The van der Waals surface area contributed by atoms with Crippen LogP contribution in [0.1, 0.15) is 36.8 Å². The van der Waals surface area contributed by atoms with E-state index in [0.717, 1.165) is 27.5 Å². The van der Waals surface area contributed by atoms with E-state index in [1.54, 1.807) is 11.8 Å². The van der Waals surface area contributed by atoms with E-state index in [1.165, 1.54) is 11.1 Å². The summed E-state index contributed by atoms with van der Waals surface area (Å²) in [6, 6.07) is 13.4. The molecule has 2 aliphatic rings. The van der Waals surface area contributed by atoms with Gasteiger partial charge >= 0.3 is 6.03 Å².